The summed E-state index contributed by atoms with van der Waals surface area (Å²) in [5, 5.41) is 24.1. The molecule has 1 aromatic carbocycles. The molecule has 0 radical (unpaired) electrons. The molecule has 7 amide bonds. The topological polar surface area (TPSA) is 280 Å². The Hall–Kier alpha value is -6.06. The van der Waals surface area contributed by atoms with Crippen molar-refractivity contribution in [2.75, 3.05) is 38.5 Å². The summed E-state index contributed by atoms with van der Waals surface area (Å²) < 4.78 is 5.87. The van der Waals surface area contributed by atoms with E-state index in [0.29, 0.717) is 92.2 Å². The molecule has 3 heterocycles. The van der Waals surface area contributed by atoms with Gasteiger partial charge in [0.2, 0.25) is 23.6 Å². The number of anilines is 1. The number of imide groups is 1. The zero-order chi connectivity index (χ0) is 55.8. The van der Waals surface area contributed by atoms with E-state index >= 15 is 0 Å². The Morgan fingerprint density at radius 2 is 1.70 bits per heavy atom. The van der Waals surface area contributed by atoms with Crippen LogP contribution in [0.4, 0.5) is 5.69 Å². The molecule has 3 aliphatic rings. The molecular formula is C55H81N9O11S. The maximum absolute atomic E-state index is 14.6. The van der Waals surface area contributed by atoms with E-state index in [4.69, 9.17) is 10.5 Å². The molecule has 0 bridgehead atoms. The number of thiazole rings is 1. The highest BCUT2D eigenvalue weighted by atomic mass is 32.1. The Balaban J connectivity index is 1.23. The van der Waals surface area contributed by atoms with Crippen LogP contribution in [0.1, 0.15) is 164 Å². The van der Waals surface area contributed by atoms with Gasteiger partial charge in [-0.3, -0.25) is 53.0 Å². The number of rotatable bonds is 28. The van der Waals surface area contributed by atoms with Crippen molar-refractivity contribution in [3.05, 3.63) is 57.6 Å². The van der Waals surface area contributed by atoms with Crippen LogP contribution in [0.2, 0.25) is 0 Å². The number of aromatic nitrogens is 1. The minimum atomic E-state index is -1.12. The monoisotopic (exact) mass is 1080 g/mol. The zero-order valence-corrected chi connectivity index (χ0v) is 46.4. The first-order valence-corrected chi connectivity index (χ1v) is 28.0. The van der Waals surface area contributed by atoms with Crippen LogP contribution in [0.15, 0.2) is 35.7 Å². The number of benzene rings is 1. The van der Waals surface area contributed by atoms with Crippen LogP contribution in [0.5, 0.6) is 0 Å². The Bertz CT molecular complexity index is 2410. The molecule has 5 rings (SSSR count). The molecule has 0 saturated carbocycles. The Morgan fingerprint density at radius 3 is 2.34 bits per heavy atom. The van der Waals surface area contributed by atoms with E-state index in [0.717, 1.165) is 29.2 Å². The summed E-state index contributed by atoms with van der Waals surface area (Å²) in [5.41, 5.74) is 7.26. The lowest BCUT2D eigenvalue weighted by molar-refractivity contribution is -0.150. The number of likely N-dealkylation sites (tertiary alicyclic amines) is 1. The molecule has 1 unspecified atom stereocenters. The van der Waals surface area contributed by atoms with Crippen LogP contribution >= 0.6 is 11.3 Å². The number of carbonyl (C=O) groups is 9. The molecule has 21 heteroatoms. The fourth-order valence-electron chi connectivity index (χ4n) is 10.3. The maximum Gasteiger partial charge on any atom is 0.311 e. The third kappa shape index (κ3) is 16.7. The van der Waals surface area contributed by atoms with Crippen molar-refractivity contribution in [2.24, 2.45) is 23.5 Å². The van der Waals surface area contributed by atoms with Gasteiger partial charge in [-0.1, -0.05) is 53.5 Å². The number of carboxylic acids is 1. The van der Waals surface area contributed by atoms with E-state index in [-0.39, 0.29) is 85.3 Å². The molecule has 0 spiro atoms. The van der Waals surface area contributed by atoms with Crippen molar-refractivity contribution < 1.29 is 53.0 Å². The smallest absolute Gasteiger partial charge is 0.311 e. The highest BCUT2D eigenvalue weighted by Crippen LogP contribution is 2.36. The number of ether oxygens (including phenoxy) is 1. The normalized spacial score (nSPS) is 20.5. The number of aliphatic carboxylic acids is 1. The summed E-state index contributed by atoms with van der Waals surface area (Å²) in [6.45, 7) is 15.0. The third-order valence-corrected chi connectivity index (χ3v) is 15.9. The number of carboxylic acid groups (broad SMARTS) is 1. The second-order valence-corrected chi connectivity index (χ2v) is 22.0. The molecule has 1 aliphatic carbocycles. The number of esters is 1. The van der Waals surface area contributed by atoms with Crippen LogP contribution < -0.4 is 27.0 Å². The summed E-state index contributed by atoms with van der Waals surface area (Å²) in [6.07, 6.45) is 7.71. The number of nitrogens with one attached hydrogen (secondary N) is 4. The number of unbranched alkanes of at least 4 members (excludes halogenated alkanes) is 3. The van der Waals surface area contributed by atoms with Crippen molar-refractivity contribution in [1.29, 1.82) is 0 Å². The second-order valence-electron chi connectivity index (χ2n) is 21.1. The van der Waals surface area contributed by atoms with Gasteiger partial charge in [-0.15, -0.1) is 11.3 Å². The van der Waals surface area contributed by atoms with Gasteiger partial charge >= 0.3 is 11.9 Å². The molecule has 76 heavy (non-hydrogen) atoms. The van der Waals surface area contributed by atoms with Gasteiger partial charge in [0.15, 0.2) is 6.10 Å². The first kappa shape index (κ1) is 60.8. The lowest BCUT2D eigenvalue weighted by atomic mass is 9.79. The second kappa shape index (κ2) is 28.9. The van der Waals surface area contributed by atoms with Gasteiger partial charge < -0.3 is 41.7 Å². The van der Waals surface area contributed by atoms with E-state index in [2.05, 4.69) is 33.2 Å². The van der Waals surface area contributed by atoms with Gasteiger partial charge in [-0.25, -0.2) is 4.98 Å². The average Bonchev–Trinajstić information content (AvgIpc) is 4.00. The fraction of sp³-hybridized carbons (Fsp3) is 0.636. The fourth-order valence-corrected chi connectivity index (χ4v) is 11.2. The summed E-state index contributed by atoms with van der Waals surface area (Å²) in [5.74, 6) is -5.04. The number of hydrogen-bond donors (Lipinski definition) is 6. The van der Waals surface area contributed by atoms with Gasteiger partial charge in [0.05, 0.1) is 12.0 Å². The van der Waals surface area contributed by atoms with Gasteiger partial charge in [0.25, 0.3) is 17.7 Å². The Morgan fingerprint density at radius 1 is 0.974 bits per heavy atom. The molecule has 1 saturated heterocycles. The van der Waals surface area contributed by atoms with E-state index in [1.807, 2.05) is 46.6 Å². The number of nitrogens with two attached hydrogens (primary N) is 1. The van der Waals surface area contributed by atoms with Crippen molar-refractivity contribution >= 4 is 70.3 Å². The van der Waals surface area contributed by atoms with Crippen LogP contribution in [-0.2, 0) is 49.5 Å². The molecule has 1 aromatic heterocycles. The minimum Gasteiger partial charge on any atom is -0.481 e. The van der Waals surface area contributed by atoms with Crippen molar-refractivity contribution in [2.45, 2.75) is 174 Å². The largest absolute Gasteiger partial charge is 0.481 e. The quantitative estimate of drug-likeness (QED) is 0.0362. The number of carbonyl (C=O) groups excluding carboxylic acids is 8. The van der Waals surface area contributed by atoms with Crippen molar-refractivity contribution in [3.8, 4) is 0 Å². The van der Waals surface area contributed by atoms with Gasteiger partial charge in [-0.2, -0.15) is 0 Å². The molecular weight excluding hydrogens is 995 g/mol. The van der Waals surface area contributed by atoms with Crippen LogP contribution in [0.3, 0.4) is 0 Å². The summed E-state index contributed by atoms with van der Waals surface area (Å²) in [7, 11) is 1.94. The van der Waals surface area contributed by atoms with Gasteiger partial charge in [0.1, 0.15) is 22.8 Å². The lowest BCUT2D eigenvalue weighted by Gasteiger charge is -2.40. The summed E-state index contributed by atoms with van der Waals surface area (Å²) in [4.78, 5) is 128. The van der Waals surface area contributed by atoms with E-state index in [9.17, 15) is 48.3 Å². The first-order chi connectivity index (χ1) is 36.1. The number of piperidine rings is 1. The number of fused-ring (bicyclic) bond motifs is 1. The molecule has 7 N–H and O–H groups in total. The van der Waals surface area contributed by atoms with Gasteiger partial charge in [-0.05, 0) is 126 Å². The number of likely N-dealkylation sites (N-methyl/N-ethyl adjacent to an activating group) is 2. The highest BCUT2D eigenvalue weighted by Gasteiger charge is 2.40. The van der Waals surface area contributed by atoms with Crippen LogP contribution in [0, 0.1) is 17.8 Å². The Kier molecular flexibility index (Phi) is 23.1. The van der Waals surface area contributed by atoms with E-state index in [1.54, 1.807) is 28.5 Å². The predicted octanol–water partition coefficient (Wildman–Crippen LogP) is 5.22. The van der Waals surface area contributed by atoms with Gasteiger partial charge in [0, 0.05) is 68.2 Å². The average molecular weight is 1080 g/mol. The predicted molar refractivity (Wildman–Crippen MR) is 288 cm³/mol. The SMILES string of the molecule is CC[C@H](C)[C@H](NC(=O)[C@H]1C[C@H](C)CCN1C)C(=O)N(CC)C(C[C@@H](OC(C)=O)c1nc(C(=O)N[C@H]2Cc3ccc(NC(=O)[C@H](CCCCN)NC(=O)CCCCCN4C(=O)C=CC4=O)cc3[C@H](C(=O)O)C2)cs1)C(C)C. The molecule has 2 aliphatic heterocycles. The Labute approximate surface area is 451 Å². The summed E-state index contributed by atoms with van der Waals surface area (Å²) >= 11 is 1.14. The number of nitrogens with zero attached hydrogens (tertiary/aromatic N) is 4. The van der Waals surface area contributed by atoms with Crippen LogP contribution in [-0.4, -0.2) is 142 Å². The molecule has 1 fully saturated rings. The standard InChI is InChI=1S/C55H81N9O11S/c1-9-34(6)49(61-52(71)44-26-33(5)22-25-62(44)8)54(72)63(10-2)43(32(3)4)30-45(75-35(7)65)53-60-42(31-76-53)51(70)58-38-27-36-18-19-37(28-39(36)40(29-38)55(73)74)57-50(69)41(16-13-14-23-56)59-46(66)17-12-11-15-24-64-47(67)20-21-48(64)68/h18-21,28,31-34,38,40-41,43-45,49H,9-17,22-27,29-30,56H2,1-8H3,(H,57,69)(H,58,70)(H,59,66)(H,61,71)(H,73,74)/t33-,34+,38+,40-,41+,43?,44-,45-,49+/m1/s1. The van der Waals surface area contributed by atoms with Crippen molar-refractivity contribution in [1.82, 2.24) is 35.6 Å². The summed E-state index contributed by atoms with van der Waals surface area (Å²) in [6, 6.07) is 1.94. The molecule has 20 nitrogen and oxygen atoms in total. The van der Waals surface area contributed by atoms with E-state index in [1.165, 1.54) is 19.1 Å². The minimum absolute atomic E-state index is 0.0450. The highest BCUT2D eigenvalue weighted by molar-refractivity contribution is 7.09. The zero-order valence-electron chi connectivity index (χ0n) is 45.6. The van der Waals surface area contributed by atoms with E-state index < -0.39 is 59.9 Å². The molecule has 418 valence electrons. The molecule has 9 atom stereocenters. The number of amides is 7. The number of hydrogen-bond acceptors (Lipinski definition) is 14. The first-order valence-electron chi connectivity index (χ1n) is 27.1. The third-order valence-electron chi connectivity index (χ3n) is 15.0. The van der Waals surface area contributed by atoms with Crippen LogP contribution in [0.25, 0.3) is 0 Å². The molecule has 2 aromatic rings. The van der Waals surface area contributed by atoms with Crippen molar-refractivity contribution in [3.63, 3.8) is 0 Å². The lowest BCUT2D eigenvalue weighted by Crippen LogP contribution is -2.59. The maximum atomic E-state index is 14.6.